The van der Waals surface area contributed by atoms with Crippen LogP contribution in [0.3, 0.4) is 0 Å². The average molecular weight is 269 g/mol. The summed E-state index contributed by atoms with van der Waals surface area (Å²) in [7, 11) is 0. The maximum atomic E-state index is 12.2. The topological polar surface area (TPSA) is 74.6 Å². The number of pyridine rings is 1. The van der Waals surface area contributed by atoms with Gasteiger partial charge in [-0.05, 0) is 38.1 Å². The van der Waals surface area contributed by atoms with Gasteiger partial charge in [0.25, 0.3) is 5.91 Å². The molecule has 0 radical (unpaired) electrons. The van der Waals surface area contributed by atoms with Crippen LogP contribution < -0.4 is 5.32 Å². The van der Waals surface area contributed by atoms with E-state index in [9.17, 15) is 4.79 Å². The van der Waals surface area contributed by atoms with E-state index in [0.29, 0.717) is 22.7 Å². The number of nitrogens with zero attached hydrogens (tertiary/aromatic N) is 2. The zero-order valence-corrected chi connectivity index (χ0v) is 11.3. The van der Waals surface area contributed by atoms with Gasteiger partial charge in [-0.15, -0.1) is 0 Å². The van der Waals surface area contributed by atoms with Crippen LogP contribution in [0.2, 0.25) is 0 Å². The van der Waals surface area contributed by atoms with Crippen molar-refractivity contribution in [2.45, 2.75) is 13.8 Å². The van der Waals surface area contributed by atoms with Crippen LogP contribution in [0.25, 0.3) is 0 Å². The second-order valence-electron chi connectivity index (χ2n) is 4.36. The molecule has 102 valence electrons. The van der Waals surface area contributed by atoms with Crippen molar-refractivity contribution in [1.29, 1.82) is 0 Å². The molecule has 5 nitrogen and oxygen atoms in total. The number of amides is 1. The molecule has 1 aromatic carbocycles. The lowest BCUT2D eigenvalue weighted by molar-refractivity contribution is 0.102. The predicted molar refractivity (Wildman–Crippen MR) is 77.4 cm³/mol. The summed E-state index contributed by atoms with van der Waals surface area (Å²) in [5.74, 6) is -0.216. The predicted octanol–water partition coefficient (Wildman–Crippen LogP) is 2.84. The monoisotopic (exact) mass is 269 g/mol. The first kappa shape index (κ1) is 13.7. The lowest BCUT2D eigenvalue weighted by atomic mass is 10.1. The molecule has 0 aliphatic heterocycles. The Morgan fingerprint density at radius 3 is 2.80 bits per heavy atom. The number of hydrogen-bond acceptors (Lipinski definition) is 4. The van der Waals surface area contributed by atoms with Crippen molar-refractivity contribution < 1.29 is 10.0 Å². The highest BCUT2D eigenvalue weighted by molar-refractivity contribution is 6.06. The Balaban J connectivity index is 2.23. The SMILES string of the molecule is C/C(=N/O)c1cccc(NC(=O)c2cccnc2C)c1. The highest BCUT2D eigenvalue weighted by Crippen LogP contribution is 2.14. The van der Waals surface area contributed by atoms with E-state index in [4.69, 9.17) is 5.21 Å². The van der Waals surface area contributed by atoms with Crippen LogP contribution in [0.1, 0.15) is 28.5 Å². The van der Waals surface area contributed by atoms with Crippen molar-refractivity contribution in [2.75, 3.05) is 5.32 Å². The Kier molecular flexibility index (Phi) is 4.10. The number of rotatable bonds is 3. The van der Waals surface area contributed by atoms with E-state index in [0.717, 1.165) is 5.56 Å². The highest BCUT2D eigenvalue weighted by Gasteiger charge is 2.10. The van der Waals surface area contributed by atoms with Gasteiger partial charge in [0.05, 0.1) is 11.3 Å². The lowest BCUT2D eigenvalue weighted by Gasteiger charge is -2.08. The fourth-order valence-electron chi connectivity index (χ4n) is 1.80. The van der Waals surface area contributed by atoms with Gasteiger partial charge < -0.3 is 10.5 Å². The molecule has 2 aromatic rings. The van der Waals surface area contributed by atoms with Gasteiger partial charge in [-0.3, -0.25) is 9.78 Å². The van der Waals surface area contributed by atoms with E-state index in [-0.39, 0.29) is 5.91 Å². The van der Waals surface area contributed by atoms with Crippen molar-refractivity contribution in [1.82, 2.24) is 4.98 Å². The molecule has 0 fully saturated rings. The van der Waals surface area contributed by atoms with E-state index < -0.39 is 0 Å². The summed E-state index contributed by atoms with van der Waals surface area (Å²) in [5, 5.41) is 14.7. The van der Waals surface area contributed by atoms with Crippen molar-refractivity contribution in [3.8, 4) is 0 Å². The Labute approximate surface area is 117 Å². The smallest absolute Gasteiger partial charge is 0.257 e. The number of aromatic nitrogens is 1. The van der Waals surface area contributed by atoms with Crippen molar-refractivity contribution in [3.05, 3.63) is 59.4 Å². The zero-order valence-electron chi connectivity index (χ0n) is 11.3. The maximum Gasteiger partial charge on any atom is 0.257 e. The minimum Gasteiger partial charge on any atom is -0.411 e. The zero-order chi connectivity index (χ0) is 14.5. The Morgan fingerprint density at radius 1 is 1.30 bits per heavy atom. The van der Waals surface area contributed by atoms with Crippen LogP contribution in [0.4, 0.5) is 5.69 Å². The molecule has 1 heterocycles. The normalized spacial score (nSPS) is 11.2. The third-order valence-electron chi connectivity index (χ3n) is 2.94. The number of aryl methyl sites for hydroxylation is 1. The number of hydrogen-bond donors (Lipinski definition) is 2. The molecule has 0 atom stereocenters. The van der Waals surface area contributed by atoms with Crippen molar-refractivity contribution >= 4 is 17.3 Å². The first-order valence-electron chi connectivity index (χ1n) is 6.14. The van der Waals surface area contributed by atoms with Crippen LogP contribution in [0, 0.1) is 6.92 Å². The van der Waals surface area contributed by atoms with Gasteiger partial charge in [0.15, 0.2) is 0 Å². The summed E-state index contributed by atoms with van der Waals surface area (Å²) >= 11 is 0. The minimum absolute atomic E-state index is 0.216. The van der Waals surface area contributed by atoms with Crippen LogP contribution in [-0.4, -0.2) is 21.8 Å². The quantitative estimate of drug-likeness (QED) is 0.511. The fraction of sp³-hybridized carbons (Fsp3) is 0.133. The molecular weight excluding hydrogens is 254 g/mol. The number of carbonyl (C=O) groups is 1. The summed E-state index contributed by atoms with van der Waals surface area (Å²) in [6, 6.07) is 10.6. The molecule has 0 bridgehead atoms. The standard InChI is InChI=1S/C15H15N3O2/c1-10(18-20)12-5-3-6-13(9-12)17-15(19)14-7-4-8-16-11(14)2/h3-9,20H,1-2H3,(H,17,19)/b18-10-. The second kappa shape index (κ2) is 5.97. The first-order chi connectivity index (χ1) is 9.61. The molecule has 2 rings (SSSR count). The fourth-order valence-corrected chi connectivity index (χ4v) is 1.80. The van der Waals surface area contributed by atoms with Gasteiger partial charge >= 0.3 is 0 Å². The van der Waals surface area contributed by atoms with Crippen LogP contribution >= 0.6 is 0 Å². The van der Waals surface area contributed by atoms with Crippen LogP contribution in [0.15, 0.2) is 47.8 Å². The Bertz CT molecular complexity index is 666. The molecule has 0 aliphatic carbocycles. The molecular formula is C15H15N3O2. The first-order valence-corrected chi connectivity index (χ1v) is 6.14. The third-order valence-corrected chi connectivity index (χ3v) is 2.94. The van der Waals surface area contributed by atoms with Crippen LogP contribution in [-0.2, 0) is 0 Å². The molecule has 0 aliphatic rings. The molecule has 2 N–H and O–H groups in total. The van der Waals surface area contributed by atoms with Gasteiger partial charge in [0.2, 0.25) is 0 Å². The van der Waals surface area contributed by atoms with Crippen molar-refractivity contribution in [3.63, 3.8) is 0 Å². The van der Waals surface area contributed by atoms with Gasteiger partial charge in [0.1, 0.15) is 0 Å². The summed E-state index contributed by atoms with van der Waals surface area (Å²) < 4.78 is 0. The van der Waals surface area contributed by atoms with E-state index >= 15 is 0 Å². The van der Waals surface area contributed by atoms with E-state index in [1.807, 2.05) is 0 Å². The molecule has 0 unspecified atom stereocenters. The maximum absolute atomic E-state index is 12.2. The Morgan fingerprint density at radius 2 is 2.10 bits per heavy atom. The van der Waals surface area contributed by atoms with E-state index in [2.05, 4.69) is 15.5 Å². The van der Waals surface area contributed by atoms with E-state index in [1.54, 1.807) is 56.4 Å². The van der Waals surface area contributed by atoms with Gasteiger partial charge in [-0.1, -0.05) is 17.3 Å². The number of carbonyl (C=O) groups excluding carboxylic acids is 1. The highest BCUT2D eigenvalue weighted by atomic mass is 16.4. The van der Waals surface area contributed by atoms with Gasteiger partial charge in [-0.25, -0.2) is 0 Å². The Hall–Kier alpha value is -2.69. The lowest BCUT2D eigenvalue weighted by Crippen LogP contribution is -2.14. The number of benzene rings is 1. The second-order valence-corrected chi connectivity index (χ2v) is 4.36. The summed E-state index contributed by atoms with van der Waals surface area (Å²) in [6.45, 7) is 3.47. The van der Waals surface area contributed by atoms with Crippen molar-refractivity contribution in [2.24, 2.45) is 5.16 Å². The average Bonchev–Trinajstić information content (AvgIpc) is 2.47. The van der Waals surface area contributed by atoms with E-state index in [1.165, 1.54) is 0 Å². The molecule has 0 saturated carbocycles. The summed E-state index contributed by atoms with van der Waals surface area (Å²) in [4.78, 5) is 16.2. The number of nitrogens with one attached hydrogen (secondary N) is 1. The number of oxime groups is 1. The van der Waals surface area contributed by atoms with Gasteiger partial charge in [0, 0.05) is 23.1 Å². The molecule has 0 spiro atoms. The molecule has 20 heavy (non-hydrogen) atoms. The molecule has 1 aromatic heterocycles. The third kappa shape index (κ3) is 3.00. The van der Waals surface area contributed by atoms with Gasteiger partial charge in [-0.2, -0.15) is 0 Å². The summed E-state index contributed by atoms with van der Waals surface area (Å²) in [5.41, 5.74) is 3.07. The van der Waals surface area contributed by atoms with Crippen LogP contribution in [0.5, 0.6) is 0 Å². The largest absolute Gasteiger partial charge is 0.411 e. The minimum atomic E-state index is -0.216. The molecule has 5 heteroatoms. The summed E-state index contributed by atoms with van der Waals surface area (Å²) in [6.07, 6.45) is 1.65. The molecule has 0 saturated heterocycles. The molecule has 1 amide bonds. The number of anilines is 1.